The second-order valence-electron chi connectivity index (χ2n) is 1.97. The smallest absolute Gasteiger partial charge is 0.326 e. The van der Waals surface area contributed by atoms with Crippen molar-refractivity contribution in [3.63, 3.8) is 0 Å². The summed E-state index contributed by atoms with van der Waals surface area (Å²) in [5, 5.41) is 20.8. The number of nitriles is 2. The predicted molar refractivity (Wildman–Crippen MR) is 34.7 cm³/mol. The van der Waals surface area contributed by atoms with E-state index >= 15 is 0 Å². The average molecular weight is 159 g/mol. The standard InChI is InChI=1S/C6HN5O/c7-1-4-5(2-8)11-6(10-4)12-3-9-11/h3H. The van der Waals surface area contributed by atoms with E-state index in [0.717, 1.165) is 6.39 Å². The van der Waals surface area contributed by atoms with Crippen LogP contribution < -0.4 is 0 Å². The van der Waals surface area contributed by atoms with Crippen LogP contribution >= 0.6 is 0 Å². The summed E-state index contributed by atoms with van der Waals surface area (Å²) in [6.45, 7) is 0. The topological polar surface area (TPSA) is 90.9 Å². The van der Waals surface area contributed by atoms with E-state index in [1.54, 1.807) is 6.07 Å². The van der Waals surface area contributed by atoms with E-state index in [1.807, 2.05) is 6.07 Å². The van der Waals surface area contributed by atoms with E-state index in [0.29, 0.717) is 0 Å². The summed E-state index contributed by atoms with van der Waals surface area (Å²) in [5.74, 6) is 0.156. The van der Waals surface area contributed by atoms with Gasteiger partial charge in [-0.2, -0.15) is 20.0 Å². The maximum absolute atomic E-state index is 8.61. The highest BCUT2D eigenvalue weighted by Crippen LogP contribution is 2.08. The summed E-state index contributed by atoms with van der Waals surface area (Å²) in [4.78, 5) is 3.71. The summed E-state index contributed by atoms with van der Waals surface area (Å²) < 4.78 is 5.96. The van der Waals surface area contributed by atoms with Crippen LogP contribution in [0.5, 0.6) is 0 Å². The molecule has 0 unspecified atom stereocenters. The summed E-state index contributed by atoms with van der Waals surface area (Å²) >= 11 is 0. The number of nitrogens with zero attached hydrogens (tertiary/aromatic N) is 5. The van der Waals surface area contributed by atoms with Gasteiger partial charge in [0.1, 0.15) is 12.1 Å². The van der Waals surface area contributed by atoms with Gasteiger partial charge in [-0.1, -0.05) is 0 Å². The maximum atomic E-state index is 8.61. The van der Waals surface area contributed by atoms with E-state index in [2.05, 4.69) is 10.1 Å². The zero-order valence-corrected chi connectivity index (χ0v) is 5.72. The highest BCUT2D eigenvalue weighted by atomic mass is 16.4. The number of hydrogen-bond acceptors (Lipinski definition) is 5. The van der Waals surface area contributed by atoms with Gasteiger partial charge in [0, 0.05) is 0 Å². The van der Waals surface area contributed by atoms with Crippen LogP contribution in [0.25, 0.3) is 5.84 Å². The zero-order valence-electron chi connectivity index (χ0n) is 5.72. The molecule has 0 N–H and O–H groups in total. The van der Waals surface area contributed by atoms with Crippen LogP contribution in [0.2, 0.25) is 0 Å². The molecular formula is C6HN5O. The molecule has 6 heteroatoms. The Balaban J connectivity index is 2.92. The van der Waals surface area contributed by atoms with Gasteiger partial charge in [0.15, 0.2) is 11.4 Å². The fraction of sp³-hybridized carbons (Fsp3) is 0. The molecular weight excluding hydrogens is 158 g/mol. The molecule has 0 saturated carbocycles. The second kappa shape index (κ2) is 2.07. The molecule has 2 rings (SSSR count). The minimum Gasteiger partial charge on any atom is -0.410 e. The third-order valence-corrected chi connectivity index (χ3v) is 1.36. The molecule has 2 aromatic rings. The van der Waals surface area contributed by atoms with Gasteiger partial charge in [-0.05, 0) is 0 Å². The van der Waals surface area contributed by atoms with Gasteiger partial charge >= 0.3 is 5.84 Å². The van der Waals surface area contributed by atoms with Crippen molar-refractivity contribution in [3.05, 3.63) is 17.8 Å². The quantitative estimate of drug-likeness (QED) is 0.542. The molecule has 0 aromatic carbocycles. The van der Waals surface area contributed by atoms with Gasteiger partial charge in [0.05, 0.1) is 0 Å². The molecule has 0 fully saturated rings. The highest BCUT2D eigenvalue weighted by Gasteiger charge is 2.13. The Hall–Kier alpha value is -2.34. The summed E-state index contributed by atoms with van der Waals surface area (Å²) in [5.41, 5.74) is 0.130. The highest BCUT2D eigenvalue weighted by molar-refractivity contribution is 5.43. The zero-order chi connectivity index (χ0) is 8.55. The van der Waals surface area contributed by atoms with Crippen molar-refractivity contribution in [1.82, 2.24) is 14.6 Å². The number of fused-ring (bicyclic) bond motifs is 1. The molecule has 0 saturated heterocycles. The average Bonchev–Trinajstić information content (AvgIpc) is 2.61. The molecule has 6 nitrogen and oxygen atoms in total. The lowest BCUT2D eigenvalue weighted by molar-refractivity contribution is 0.589. The number of hydrogen-bond donors (Lipinski definition) is 0. The number of imidazole rings is 1. The molecule has 0 atom stereocenters. The fourth-order valence-electron chi connectivity index (χ4n) is 0.871. The van der Waals surface area contributed by atoms with Crippen LogP contribution in [-0.2, 0) is 0 Å². The van der Waals surface area contributed by atoms with Crippen LogP contribution in [-0.4, -0.2) is 14.6 Å². The van der Waals surface area contributed by atoms with Gasteiger partial charge in [-0.25, -0.2) is 0 Å². The van der Waals surface area contributed by atoms with Crippen LogP contribution in [0.15, 0.2) is 10.8 Å². The Labute approximate surface area is 66.3 Å². The van der Waals surface area contributed by atoms with E-state index in [4.69, 9.17) is 14.9 Å². The minimum atomic E-state index is 0.0318. The molecule has 0 aliphatic carbocycles. The van der Waals surface area contributed by atoms with Crippen molar-refractivity contribution in [2.75, 3.05) is 0 Å². The Morgan fingerprint density at radius 1 is 1.42 bits per heavy atom. The summed E-state index contributed by atoms with van der Waals surface area (Å²) in [6, 6.07) is 3.58. The SMILES string of the molecule is N#Cc1nc2ocnn2c1C#N. The molecule has 2 aromatic heterocycles. The number of aromatic nitrogens is 3. The summed E-state index contributed by atoms with van der Waals surface area (Å²) in [7, 11) is 0. The van der Waals surface area contributed by atoms with Crippen LogP contribution in [0.3, 0.4) is 0 Å². The first kappa shape index (κ1) is 6.38. The van der Waals surface area contributed by atoms with Gasteiger partial charge < -0.3 is 4.42 Å². The first-order valence-corrected chi connectivity index (χ1v) is 2.99. The van der Waals surface area contributed by atoms with Crippen LogP contribution in [0.4, 0.5) is 0 Å². The largest absolute Gasteiger partial charge is 0.410 e. The lowest BCUT2D eigenvalue weighted by Gasteiger charge is -1.78. The van der Waals surface area contributed by atoms with Crippen molar-refractivity contribution in [3.8, 4) is 12.1 Å². The molecule has 0 aliphatic rings. The van der Waals surface area contributed by atoms with Crippen molar-refractivity contribution in [2.24, 2.45) is 0 Å². The van der Waals surface area contributed by atoms with Crippen molar-refractivity contribution in [1.29, 1.82) is 10.5 Å². The van der Waals surface area contributed by atoms with Gasteiger partial charge in [-0.3, -0.25) is 0 Å². The Morgan fingerprint density at radius 3 is 2.92 bits per heavy atom. The normalized spacial score (nSPS) is 9.50. The van der Waals surface area contributed by atoms with Crippen LogP contribution in [0.1, 0.15) is 11.4 Å². The van der Waals surface area contributed by atoms with Crippen LogP contribution in [0, 0.1) is 22.7 Å². The number of rotatable bonds is 0. The van der Waals surface area contributed by atoms with Gasteiger partial charge in [-0.15, -0.1) is 5.10 Å². The monoisotopic (exact) mass is 159 g/mol. The predicted octanol–water partition coefficient (Wildman–Crippen LogP) is 0.0657. The van der Waals surface area contributed by atoms with E-state index in [-0.39, 0.29) is 17.2 Å². The Bertz CT molecular complexity index is 508. The minimum absolute atomic E-state index is 0.0318. The lowest BCUT2D eigenvalue weighted by atomic mass is 10.4. The van der Waals surface area contributed by atoms with E-state index in [1.165, 1.54) is 4.52 Å². The third-order valence-electron chi connectivity index (χ3n) is 1.36. The molecule has 12 heavy (non-hydrogen) atoms. The van der Waals surface area contributed by atoms with Crippen molar-refractivity contribution < 1.29 is 4.42 Å². The van der Waals surface area contributed by atoms with Crippen molar-refractivity contribution in [2.45, 2.75) is 0 Å². The fourth-order valence-corrected chi connectivity index (χ4v) is 0.871. The molecule has 0 amide bonds. The summed E-state index contributed by atoms with van der Waals surface area (Å²) in [6.07, 6.45) is 1.16. The molecule has 0 bridgehead atoms. The first-order valence-electron chi connectivity index (χ1n) is 2.99. The van der Waals surface area contributed by atoms with Crippen molar-refractivity contribution >= 4 is 5.84 Å². The van der Waals surface area contributed by atoms with E-state index in [9.17, 15) is 0 Å². The molecule has 0 spiro atoms. The Kier molecular flexibility index (Phi) is 1.10. The lowest BCUT2D eigenvalue weighted by Crippen LogP contribution is -1.88. The Morgan fingerprint density at radius 2 is 2.25 bits per heavy atom. The first-order chi connectivity index (χ1) is 5.86. The molecule has 0 aliphatic heterocycles. The van der Waals surface area contributed by atoms with E-state index < -0.39 is 0 Å². The molecule has 56 valence electrons. The third kappa shape index (κ3) is 0.607. The molecule has 2 heterocycles. The van der Waals surface area contributed by atoms with Gasteiger partial charge in [0.25, 0.3) is 0 Å². The second-order valence-corrected chi connectivity index (χ2v) is 1.97. The molecule has 0 radical (unpaired) electrons. The van der Waals surface area contributed by atoms with Gasteiger partial charge in [0.2, 0.25) is 6.39 Å². The maximum Gasteiger partial charge on any atom is 0.326 e.